The van der Waals surface area contributed by atoms with Crippen molar-refractivity contribution in [2.45, 2.75) is 18.7 Å². The van der Waals surface area contributed by atoms with Crippen LogP contribution in [-0.2, 0) is 4.79 Å². The van der Waals surface area contributed by atoms with Crippen molar-refractivity contribution in [3.05, 3.63) is 53.9 Å². The number of aliphatic carboxylic acids is 1. The lowest BCUT2D eigenvalue weighted by molar-refractivity contribution is -0.274. The maximum absolute atomic E-state index is 12.6. The number of carboxylic acids is 1. The van der Waals surface area contributed by atoms with Gasteiger partial charge in [-0.25, -0.2) is 4.98 Å². The first-order valence-electron chi connectivity index (χ1n) is 8.55. The van der Waals surface area contributed by atoms with E-state index in [1.54, 1.807) is 18.2 Å². The number of hydrogen-bond donors (Lipinski definition) is 2. The van der Waals surface area contributed by atoms with E-state index in [1.165, 1.54) is 16.7 Å². The number of carbonyl (C=O) groups is 2. The van der Waals surface area contributed by atoms with Gasteiger partial charge in [-0.3, -0.25) is 14.2 Å². The molecule has 1 aliphatic carbocycles. The van der Waals surface area contributed by atoms with Crippen LogP contribution in [0.5, 0.6) is 5.75 Å². The largest absolute Gasteiger partial charge is 0.573 e. The quantitative estimate of drug-likeness (QED) is 0.678. The monoisotopic (exact) mass is 405 g/mol. The average molecular weight is 405 g/mol. The number of benzene rings is 1. The van der Waals surface area contributed by atoms with Gasteiger partial charge in [0.05, 0.1) is 11.4 Å². The average Bonchev–Trinajstić information content (AvgIpc) is 3.35. The molecule has 1 fully saturated rings. The summed E-state index contributed by atoms with van der Waals surface area (Å²) in [6.45, 7) is 0. The molecule has 2 heterocycles. The molecule has 10 heteroatoms. The number of alkyl halides is 3. The normalized spacial score (nSPS) is 18.6. The first-order chi connectivity index (χ1) is 13.6. The van der Waals surface area contributed by atoms with Crippen LogP contribution in [0.4, 0.5) is 13.2 Å². The van der Waals surface area contributed by atoms with Crippen molar-refractivity contribution in [3.63, 3.8) is 0 Å². The molecule has 2 atom stereocenters. The summed E-state index contributed by atoms with van der Waals surface area (Å²) in [5.41, 5.74) is 6.25. The van der Waals surface area contributed by atoms with Crippen LogP contribution in [0.25, 0.3) is 16.7 Å². The lowest BCUT2D eigenvalue weighted by Gasteiger charge is -2.12. The summed E-state index contributed by atoms with van der Waals surface area (Å²) in [6.07, 6.45) is -4.42. The van der Waals surface area contributed by atoms with Crippen LogP contribution in [0.15, 0.2) is 42.5 Å². The maximum Gasteiger partial charge on any atom is 0.573 e. The van der Waals surface area contributed by atoms with Gasteiger partial charge in [0.25, 0.3) is 5.91 Å². The number of halogens is 3. The third kappa shape index (κ3) is 3.60. The van der Waals surface area contributed by atoms with Crippen LogP contribution >= 0.6 is 0 Å². The molecule has 1 amide bonds. The topological polar surface area (TPSA) is 107 Å². The highest BCUT2D eigenvalue weighted by Crippen LogP contribution is 2.47. The van der Waals surface area contributed by atoms with Gasteiger partial charge in [-0.05, 0) is 36.8 Å². The molecule has 0 spiro atoms. The summed E-state index contributed by atoms with van der Waals surface area (Å²) in [5, 5.41) is 9.59. The Morgan fingerprint density at radius 3 is 2.59 bits per heavy atom. The van der Waals surface area contributed by atoms with Gasteiger partial charge in [0, 0.05) is 23.1 Å². The molecule has 1 aromatic carbocycles. The summed E-state index contributed by atoms with van der Waals surface area (Å²) in [6, 6.07) is 9.97. The first kappa shape index (κ1) is 18.8. The molecule has 1 saturated carbocycles. The number of pyridine rings is 1. The Balaban J connectivity index is 1.83. The molecule has 3 N–H and O–H groups in total. The first-order valence-corrected chi connectivity index (χ1v) is 8.55. The van der Waals surface area contributed by atoms with E-state index in [9.17, 15) is 22.8 Å². The minimum Gasteiger partial charge on any atom is -0.481 e. The van der Waals surface area contributed by atoms with E-state index in [0.29, 0.717) is 17.5 Å². The van der Waals surface area contributed by atoms with Crippen molar-refractivity contribution in [1.29, 1.82) is 0 Å². The SMILES string of the molecule is NC(=O)c1cc2ccc(OC(F)(F)F)cc2n1-c1cccc([C@H]2C[C@H]2C(=O)O)n1. The number of amides is 1. The number of nitrogens with two attached hydrogens (primary N) is 1. The van der Waals surface area contributed by atoms with Crippen LogP contribution in [0.2, 0.25) is 0 Å². The van der Waals surface area contributed by atoms with Crippen LogP contribution in [0.3, 0.4) is 0 Å². The molecule has 7 nitrogen and oxygen atoms in total. The minimum absolute atomic E-state index is 0.0272. The van der Waals surface area contributed by atoms with Crippen LogP contribution < -0.4 is 10.5 Å². The number of rotatable bonds is 5. The Bertz CT molecular complexity index is 1140. The van der Waals surface area contributed by atoms with Crippen molar-refractivity contribution in [2.75, 3.05) is 0 Å². The number of ether oxygens (including phenoxy) is 1. The number of hydrogen-bond acceptors (Lipinski definition) is 4. The number of carbonyl (C=O) groups excluding carboxylic acids is 1. The summed E-state index contributed by atoms with van der Waals surface area (Å²) < 4.78 is 43.1. The van der Waals surface area contributed by atoms with Gasteiger partial charge in [0.15, 0.2) is 0 Å². The Hall–Kier alpha value is -3.56. The summed E-state index contributed by atoms with van der Waals surface area (Å²) >= 11 is 0. The zero-order chi connectivity index (χ0) is 20.9. The fourth-order valence-electron chi connectivity index (χ4n) is 3.37. The highest BCUT2D eigenvalue weighted by atomic mass is 19.4. The second-order valence-corrected chi connectivity index (χ2v) is 6.71. The Kier molecular flexibility index (Phi) is 4.21. The van der Waals surface area contributed by atoms with Crippen molar-refractivity contribution in [3.8, 4) is 11.6 Å². The van der Waals surface area contributed by atoms with Crippen LogP contribution in [-0.4, -0.2) is 32.9 Å². The predicted molar refractivity (Wildman–Crippen MR) is 94.8 cm³/mol. The summed E-state index contributed by atoms with van der Waals surface area (Å²) in [7, 11) is 0. The molecule has 0 radical (unpaired) electrons. The van der Waals surface area contributed by atoms with Crippen molar-refractivity contribution < 1.29 is 32.6 Å². The highest BCUT2D eigenvalue weighted by molar-refractivity contribution is 5.99. The number of aromatic nitrogens is 2. The van der Waals surface area contributed by atoms with E-state index in [4.69, 9.17) is 10.8 Å². The maximum atomic E-state index is 12.6. The predicted octanol–water partition coefficient (Wildman–Crippen LogP) is 3.21. The van der Waals surface area contributed by atoms with Gasteiger partial charge in [0.2, 0.25) is 0 Å². The third-order valence-electron chi connectivity index (χ3n) is 4.73. The zero-order valence-electron chi connectivity index (χ0n) is 14.7. The lowest BCUT2D eigenvalue weighted by atomic mass is 10.2. The third-order valence-corrected chi connectivity index (χ3v) is 4.73. The molecule has 4 rings (SSSR count). The molecule has 0 saturated heterocycles. The van der Waals surface area contributed by atoms with Gasteiger partial charge in [-0.2, -0.15) is 0 Å². The molecule has 150 valence electrons. The van der Waals surface area contributed by atoms with E-state index < -0.39 is 29.9 Å². The standard InChI is InChI=1S/C19H14F3N3O4/c20-19(21,22)29-10-5-4-9-6-15(17(23)26)25(14(9)7-10)16-3-1-2-13(24-16)11-8-12(11)18(27)28/h1-7,11-12H,8H2,(H2,23,26)(H,27,28)/t11-,12+/m0/s1. The number of fused-ring (bicyclic) bond motifs is 1. The van der Waals surface area contributed by atoms with E-state index in [2.05, 4.69) is 9.72 Å². The summed E-state index contributed by atoms with van der Waals surface area (Å²) in [5.74, 6) is -2.70. The van der Waals surface area contributed by atoms with Crippen LogP contribution in [0, 0.1) is 5.92 Å². The molecule has 0 aliphatic heterocycles. The second kappa shape index (κ2) is 6.50. The van der Waals surface area contributed by atoms with Gasteiger partial charge < -0.3 is 15.6 Å². The molecule has 1 aliphatic rings. The van der Waals surface area contributed by atoms with E-state index in [0.717, 1.165) is 12.1 Å². The van der Waals surface area contributed by atoms with Gasteiger partial charge in [-0.15, -0.1) is 13.2 Å². The fraction of sp³-hybridized carbons (Fsp3) is 0.211. The minimum atomic E-state index is -4.87. The van der Waals surface area contributed by atoms with Gasteiger partial charge in [0.1, 0.15) is 17.3 Å². The molecule has 2 aromatic heterocycles. The Morgan fingerprint density at radius 2 is 1.97 bits per heavy atom. The van der Waals surface area contributed by atoms with Gasteiger partial charge in [-0.1, -0.05) is 6.07 Å². The van der Waals surface area contributed by atoms with E-state index in [-0.39, 0.29) is 22.9 Å². The van der Waals surface area contributed by atoms with Gasteiger partial charge >= 0.3 is 12.3 Å². The smallest absolute Gasteiger partial charge is 0.481 e. The van der Waals surface area contributed by atoms with Crippen molar-refractivity contribution in [1.82, 2.24) is 9.55 Å². The highest BCUT2D eigenvalue weighted by Gasteiger charge is 2.45. The van der Waals surface area contributed by atoms with Crippen molar-refractivity contribution >= 4 is 22.8 Å². The Labute approximate surface area is 161 Å². The number of carboxylic acid groups (broad SMARTS) is 1. The van der Waals surface area contributed by atoms with Crippen molar-refractivity contribution in [2.24, 2.45) is 11.7 Å². The molecule has 0 unspecified atom stereocenters. The van der Waals surface area contributed by atoms with E-state index >= 15 is 0 Å². The number of nitrogens with zero attached hydrogens (tertiary/aromatic N) is 2. The zero-order valence-corrected chi connectivity index (χ0v) is 14.7. The molecular formula is C19H14F3N3O4. The fourth-order valence-corrected chi connectivity index (χ4v) is 3.37. The van der Waals surface area contributed by atoms with E-state index in [1.807, 2.05) is 0 Å². The Morgan fingerprint density at radius 1 is 1.21 bits per heavy atom. The van der Waals surface area contributed by atoms with Crippen LogP contribution in [0.1, 0.15) is 28.5 Å². The molecule has 3 aromatic rings. The molecular weight excluding hydrogens is 391 g/mol. The number of primary amides is 1. The summed E-state index contributed by atoms with van der Waals surface area (Å²) in [4.78, 5) is 27.5. The second-order valence-electron chi connectivity index (χ2n) is 6.71. The molecule has 29 heavy (non-hydrogen) atoms. The lowest BCUT2D eigenvalue weighted by Crippen LogP contribution is -2.17. The molecule has 0 bridgehead atoms.